The second-order valence-electron chi connectivity index (χ2n) is 5.29. The third kappa shape index (κ3) is 4.23. The van der Waals surface area contributed by atoms with E-state index in [4.69, 9.17) is 4.74 Å². The molecule has 104 valence electrons. The van der Waals surface area contributed by atoms with Gasteiger partial charge in [-0.2, -0.15) is 0 Å². The van der Waals surface area contributed by atoms with Gasteiger partial charge in [0, 0.05) is 19.1 Å². The number of hydrogen-bond donors (Lipinski definition) is 2. The molecule has 1 atom stereocenters. The van der Waals surface area contributed by atoms with Gasteiger partial charge in [-0.05, 0) is 19.8 Å². The number of hydrogen-bond acceptors (Lipinski definition) is 4. The van der Waals surface area contributed by atoms with Crippen LogP contribution in [0.3, 0.4) is 0 Å². The maximum absolute atomic E-state index is 12.1. The summed E-state index contributed by atoms with van der Waals surface area (Å²) >= 11 is 0. The van der Waals surface area contributed by atoms with Crippen molar-refractivity contribution >= 4 is 5.91 Å². The Labute approximate surface area is 109 Å². The second kappa shape index (κ2) is 7.07. The van der Waals surface area contributed by atoms with E-state index in [0.29, 0.717) is 6.04 Å². The number of ether oxygens (including phenoxy) is 1. The van der Waals surface area contributed by atoms with Gasteiger partial charge in [-0.3, -0.25) is 4.79 Å². The molecule has 2 N–H and O–H groups in total. The zero-order valence-corrected chi connectivity index (χ0v) is 11.3. The van der Waals surface area contributed by atoms with Crippen LogP contribution in [0.1, 0.15) is 39.0 Å². The Morgan fingerprint density at radius 3 is 2.56 bits per heavy atom. The molecule has 0 bridgehead atoms. The van der Waals surface area contributed by atoms with Crippen LogP contribution < -0.4 is 10.7 Å². The smallest absolute Gasteiger partial charge is 0.238 e. The summed E-state index contributed by atoms with van der Waals surface area (Å²) in [6.45, 7) is 5.10. The van der Waals surface area contributed by atoms with Crippen LogP contribution in [0, 0.1) is 0 Å². The molecule has 18 heavy (non-hydrogen) atoms. The van der Waals surface area contributed by atoms with Crippen molar-refractivity contribution in [2.24, 2.45) is 0 Å². The number of nitrogens with one attached hydrogen (secondary N) is 2. The normalized spacial score (nSPS) is 24.7. The summed E-state index contributed by atoms with van der Waals surface area (Å²) in [5, 5.41) is 5.23. The van der Waals surface area contributed by atoms with Gasteiger partial charge in [-0.15, -0.1) is 0 Å². The molecule has 1 amide bonds. The number of hydrazine groups is 1. The van der Waals surface area contributed by atoms with Crippen LogP contribution in [0.4, 0.5) is 0 Å². The lowest BCUT2D eigenvalue weighted by molar-refractivity contribution is -0.125. The largest absolute Gasteiger partial charge is 0.379 e. The summed E-state index contributed by atoms with van der Waals surface area (Å²) in [6, 6.07) is 0.227. The lowest BCUT2D eigenvalue weighted by Gasteiger charge is -2.31. The molecule has 1 unspecified atom stereocenters. The van der Waals surface area contributed by atoms with Crippen LogP contribution >= 0.6 is 0 Å². The van der Waals surface area contributed by atoms with Gasteiger partial charge in [0.1, 0.15) is 0 Å². The van der Waals surface area contributed by atoms with Crippen molar-refractivity contribution in [1.29, 1.82) is 0 Å². The van der Waals surface area contributed by atoms with Crippen LogP contribution in [0.5, 0.6) is 0 Å². The molecular weight excluding hydrogens is 230 g/mol. The Balaban J connectivity index is 1.69. The standard InChI is InChI=1S/C13H25N3O2/c1-11(15-16-7-9-18-10-8-16)13(17)14-12-5-3-2-4-6-12/h11-12,15H,2-10H2,1H3,(H,14,17). The van der Waals surface area contributed by atoms with Gasteiger partial charge in [0.15, 0.2) is 0 Å². The minimum atomic E-state index is -0.162. The van der Waals surface area contributed by atoms with Crippen molar-refractivity contribution in [3.8, 4) is 0 Å². The first-order chi connectivity index (χ1) is 8.75. The van der Waals surface area contributed by atoms with E-state index in [1.54, 1.807) is 0 Å². The number of carbonyl (C=O) groups is 1. The van der Waals surface area contributed by atoms with E-state index in [1.807, 2.05) is 6.92 Å². The first-order valence-corrected chi connectivity index (χ1v) is 7.15. The molecule has 0 spiro atoms. The first kappa shape index (κ1) is 13.8. The third-order valence-electron chi connectivity index (χ3n) is 3.73. The van der Waals surface area contributed by atoms with Crippen molar-refractivity contribution in [3.05, 3.63) is 0 Å². The number of amides is 1. The van der Waals surface area contributed by atoms with Crippen molar-refractivity contribution in [2.45, 2.75) is 51.1 Å². The molecule has 0 aromatic heterocycles. The van der Waals surface area contributed by atoms with Crippen LogP contribution in [0.25, 0.3) is 0 Å². The topological polar surface area (TPSA) is 53.6 Å². The summed E-state index contributed by atoms with van der Waals surface area (Å²) in [4.78, 5) is 12.1. The fourth-order valence-electron chi connectivity index (χ4n) is 2.60. The Morgan fingerprint density at radius 1 is 1.22 bits per heavy atom. The SMILES string of the molecule is CC(NN1CCOCC1)C(=O)NC1CCCCC1. The average Bonchev–Trinajstić information content (AvgIpc) is 2.41. The van der Waals surface area contributed by atoms with Gasteiger partial charge in [0.25, 0.3) is 0 Å². The molecule has 5 heteroatoms. The zero-order valence-electron chi connectivity index (χ0n) is 11.3. The highest BCUT2D eigenvalue weighted by molar-refractivity contribution is 5.81. The molecule has 1 saturated carbocycles. The zero-order chi connectivity index (χ0) is 12.8. The van der Waals surface area contributed by atoms with E-state index >= 15 is 0 Å². The van der Waals surface area contributed by atoms with E-state index < -0.39 is 0 Å². The van der Waals surface area contributed by atoms with Gasteiger partial charge in [-0.1, -0.05) is 19.3 Å². The summed E-state index contributed by atoms with van der Waals surface area (Å²) in [5.41, 5.74) is 3.25. The van der Waals surface area contributed by atoms with E-state index in [-0.39, 0.29) is 11.9 Å². The van der Waals surface area contributed by atoms with Gasteiger partial charge < -0.3 is 10.1 Å². The highest BCUT2D eigenvalue weighted by atomic mass is 16.5. The highest BCUT2D eigenvalue weighted by Gasteiger charge is 2.21. The predicted molar refractivity (Wildman–Crippen MR) is 70.0 cm³/mol. The Morgan fingerprint density at radius 2 is 1.89 bits per heavy atom. The molecule has 2 fully saturated rings. The maximum atomic E-state index is 12.1. The molecule has 0 aromatic rings. The minimum Gasteiger partial charge on any atom is -0.379 e. The highest BCUT2D eigenvalue weighted by Crippen LogP contribution is 2.17. The van der Waals surface area contributed by atoms with Gasteiger partial charge in [0.05, 0.1) is 19.3 Å². The summed E-state index contributed by atoms with van der Waals surface area (Å²) < 4.78 is 5.28. The molecule has 1 aliphatic heterocycles. The molecule has 1 aliphatic carbocycles. The lowest BCUT2D eigenvalue weighted by atomic mass is 9.95. The van der Waals surface area contributed by atoms with E-state index in [2.05, 4.69) is 15.8 Å². The Hall–Kier alpha value is -0.650. The predicted octanol–water partition coefficient (Wildman–Crippen LogP) is 0.661. The van der Waals surface area contributed by atoms with Crippen molar-refractivity contribution in [2.75, 3.05) is 26.3 Å². The average molecular weight is 255 g/mol. The summed E-state index contributed by atoms with van der Waals surface area (Å²) in [6.07, 6.45) is 6.08. The van der Waals surface area contributed by atoms with E-state index in [1.165, 1.54) is 19.3 Å². The van der Waals surface area contributed by atoms with Gasteiger partial charge >= 0.3 is 0 Å². The molecule has 0 aromatic carbocycles. The van der Waals surface area contributed by atoms with Crippen LogP contribution in [-0.4, -0.2) is 49.3 Å². The fourth-order valence-corrected chi connectivity index (χ4v) is 2.60. The molecule has 1 saturated heterocycles. The molecule has 0 radical (unpaired) electrons. The molecule has 2 rings (SSSR count). The number of rotatable bonds is 4. The van der Waals surface area contributed by atoms with Crippen LogP contribution in [-0.2, 0) is 9.53 Å². The Kier molecular flexibility index (Phi) is 5.41. The minimum absolute atomic E-state index is 0.119. The maximum Gasteiger partial charge on any atom is 0.238 e. The second-order valence-corrected chi connectivity index (χ2v) is 5.29. The van der Waals surface area contributed by atoms with E-state index in [0.717, 1.165) is 39.1 Å². The first-order valence-electron chi connectivity index (χ1n) is 7.15. The molecule has 5 nitrogen and oxygen atoms in total. The third-order valence-corrected chi connectivity index (χ3v) is 3.73. The van der Waals surface area contributed by atoms with E-state index in [9.17, 15) is 4.79 Å². The van der Waals surface area contributed by atoms with Crippen molar-refractivity contribution in [3.63, 3.8) is 0 Å². The molecule has 1 heterocycles. The van der Waals surface area contributed by atoms with Gasteiger partial charge in [-0.25, -0.2) is 10.4 Å². The number of morpholine rings is 1. The Bertz CT molecular complexity index is 261. The van der Waals surface area contributed by atoms with Gasteiger partial charge in [0.2, 0.25) is 5.91 Å². The molecule has 2 aliphatic rings. The lowest BCUT2D eigenvalue weighted by Crippen LogP contribution is -2.55. The molecular formula is C13H25N3O2. The van der Waals surface area contributed by atoms with Crippen LogP contribution in [0.2, 0.25) is 0 Å². The quantitative estimate of drug-likeness (QED) is 0.775. The number of nitrogens with zero attached hydrogens (tertiary/aromatic N) is 1. The monoisotopic (exact) mass is 255 g/mol. The van der Waals surface area contributed by atoms with Crippen molar-refractivity contribution < 1.29 is 9.53 Å². The summed E-state index contributed by atoms with van der Waals surface area (Å²) in [5.74, 6) is 0.119. The fraction of sp³-hybridized carbons (Fsp3) is 0.923. The van der Waals surface area contributed by atoms with Crippen molar-refractivity contribution in [1.82, 2.24) is 15.8 Å². The summed E-state index contributed by atoms with van der Waals surface area (Å²) in [7, 11) is 0. The number of carbonyl (C=O) groups excluding carboxylic acids is 1. The van der Waals surface area contributed by atoms with Crippen LogP contribution in [0.15, 0.2) is 0 Å².